The van der Waals surface area contributed by atoms with Gasteiger partial charge in [-0.05, 0) is 0 Å². The van der Waals surface area contributed by atoms with E-state index in [0.717, 1.165) is 0 Å². The predicted octanol–water partition coefficient (Wildman–Crippen LogP) is -0.593. The Morgan fingerprint density at radius 3 is 1.50 bits per heavy atom. The quantitative estimate of drug-likeness (QED) is 0.328. The second-order valence-electron chi connectivity index (χ2n) is 0.730. The van der Waals surface area contributed by atoms with Crippen LogP contribution in [0.2, 0.25) is 0 Å². The SMILES string of the molecule is OC(O)(O)PCl. The normalized spacial score (nSPS) is 14.0. The highest BCUT2D eigenvalue weighted by molar-refractivity contribution is 7.69. The molecule has 0 saturated carbocycles. The third-order valence-corrected chi connectivity index (χ3v) is 1.14. The van der Waals surface area contributed by atoms with Crippen molar-refractivity contribution in [3.8, 4) is 0 Å². The Morgan fingerprint density at radius 1 is 1.33 bits per heavy atom. The number of hydrogen-bond acceptors (Lipinski definition) is 3. The van der Waals surface area contributed by atoms with Crippen LogP contribution in [0.15, 0.2) is 0 Å². The molecule has 0 radical (unpaired) electrons. The van der Waals surface area contributed by atoms with E-state index in [1.165, 1.54) is 0 Å². The number of hydrogen-bond donors (Lipinski definition) is 3. The van der Waals surface area contributed by atoms with Gasteiger partial charge in [0.05, 0.1) is 7.93 Å². The maximum absolute atomic E-state index is 7.82. The minimum Gasteiger partial charge on any atom is -0.339 e. The van der Waals surface area contributed by atoms with Crippen LogP contribution in [0.5, 0.6) is 0 Å². The van der Waals surface area contributed by atoms with E-state index in [1.807, 2.05) is 0 Å². The molecule has 5 heteroatoms. The second-order valence-corrected chi connectivity index (χ2v) is 2.16. The molecule has 6 heavy (non-hydrogen) atoms. The first-order valence-corrected chi connectivity index (χ1v) is 3.12. The minimum atomic E-state index is -2.67. The fourth-order valence-corrected chi connectivity index (χ4v) is 0. The van der Waals surface area contributed by atoms with Crippen molar-refractivity contribution >= 4 is 19.2 Å². The monoisotopic (exact) mass is 130 g/mol. The summed E-state index contributed by atoms with van der Waals surface area (Å²) in [5.41, 5.74) is -2.67. The molecular formula is CH4ClO3P. The van der Waals surface area contributed by atoms with Crippen LogP contribution in [0.25, 0.3) is 0 Å². The smallest absolute Gasteiger partial charge is 0.305 e. The van der Waals surface area contributed by atoms with Crippen LogP contribution in [0, 0.1) is 0 Å². The highest BCUT2D eigenvalue weighted by Gasteiger charge is 2.14. The van der Waals surface area contributed by atoms with Gasteiger partial charge < -0.3 is 15.3 Å². The van der Waals surface area contributed by atoms with Gasteiger partial charge in [-0.25, -0.2) is 0 Å². The van der Waals surface area contributed by atoms with Gasteiger partial charge in [-0.2, -0.15) is 0 Å². The summed E-state index contributed by atoms with van der Waals surface area (Å²) in [6, 6.07) is 0. The van der Waals surface area contributed by atoms with Crippen molar-refractivity contribution < 1.29 is 15.3 Å². The van der Waals surface area contributed by atoms with Crippen LogP contribution in [0.1, 0.15) is 0 Å². The number of aliphatic hydroxyl groups is 3. The molecule has 0 rings (SSSR count). The molecule has 0 aliphatic rings. The standard InChI is InChI=1S/CH4ClO3P/c2-6-1(3,4)5/h3-6H. The lowest BCUT2D eigenvalue weighted by Crippen LogP contribution is -2.17. The lowest BCUT2D eigenvalue weighted by atomic mass is 11.3. The molecule has 0 saturated heterocycles. The molecule has 0 bridgehead atoms. The Kier molecular flexibility index (Phi) is 2.26. The van der Waals surface area contributed by atoms with Crippen molar-refractivity contribution in [2.75, 3.05) is 0 Å². The van der Waals surface area contributed by atoms with E-state index in [-0.39, 0.29) is 0 Å². The summed E-state index contributed by atoms with van der Waals surface area (Å²) in [6.07, 6.45) is 0. The van der Waals surface area contributed by atoms with Crippen molar-refractivity contribution in [3.63, 3.8) is 0 Å². The van der Waals surface area contributed by atoms with Gasteiger partial charge in [-0.1, -0.05) is 11.2 Å². The molecule has 0 aromatic carbocycles. The van der Waals surface area contributed by atoms with Crippen molar-refractivity contribution in [2.24, 2.45) is 0 Å². The topological polar surface area (TPSA) is 60.7 Å². The van der Waals surface area contributed by atoms with Crippen molar-refractivity contribution in [3.05, 3.63) is 0 Å². The minimum absolute atomic E-state index is 0.794. The molecule has 0 heterocycles. The van der Waals surface area contributed by atoms with E-state index in [9.17, 15) is 0 Å². The van der Waals surface area contributed by atoms with Gasteiger partial charge in [0.15, 0.2) is 0 Å². The largest absolute Gasteiger partial charge is 0.339 e. The zero-order valence-electron chi connectivity index (χ0n) is 2.72. The van der Waals surface area contributed by atoms with E-state index in [1.54, 1.807) is 0 Å². The third kappa shape index (κ3) is 4.60. The second kappa shape index (κ2) is 2.05. The molecule has 0 aromatic rings. The average Bonchev–Trinajstić information content (AvgIpc) is 1.35. The molecule has 0 amide bonds. The Bertz CT molecular complexity index is 40.5. The summed E-state index contributed by atoms with van der Waals surface area (Å²) < 4.78 is 0. The number of halogens is 1. The molecular weight excluding hydrogens is 126 g/mol. The predicted molar refractivity (Wildman–Crippen MR) is 23.6 cm³/mol. The molecule has 0 aromatic heterocycles. The van der Waals surface area contributed by atoms with E-state index < -0.39 is 13.6 Å². The van der Waals surface area contributed by atoms with Gasteiger partial charge in [0.2, 0.25) is 0 Å². The summed E-state index contributed by atoms with van der Waals surface area (Å²) in [5.74, 6) is 0. The molecule has 0 aliphatic heterocycles. The fraction of sp³-hybridized carbons (Fsp3) is 1.00. The molecule has 0 aliphatic carbocycles. The van der Waals surface area contributed by atoms with Gasteiger partial charge >= 0.3 is 5.71 Å². The van der Waals surface area contributed by atoms with E-state index in [0.29, 0.717) is 0 Å². The van der Waals surface area contributed by atoms with Gasteiger partial charge in [0.25, 0.3) is 0 Å². The lowest BCUT2D eigenvalue weighted by Gasteiger charge is -2.06. The average molecular weight is 130 g/mol. The van der Waals surface area contributed by atoms with Gasteiger partial charge in [-0.3, -0.25) is 0 Å². The first-order valence-electron chi connectivity index (χ1n) is 1.11. The van der Waals surface area contributed by atoms with Gasteiger partial charge in [-0.15, -0.1) is 0 Å². The molecule has 3 nitrogen and oxygen atoms in total. The zero-order valence-corrected chi connectivity index (χ0v) is 4.48. The first-order chi connectivity index (χ1) is 2.56. The van der Waals surface area contributed by atoms with Crippen LogP contribution in [-0.2, 0) is 0 Å². The number of rotatable bonds is 1. The molecule has 0 spiro atoms. The van der Waals surface area contributed by atoms with E-state index in [2.05, 4.69) is 0 Å². The van der Waals surface area contributed by atoms with E-state index >= 15 is 0 Å². The fourth-order valence-electron chi connectivity index (χ4n) is 0. The van der Waals surface area contributed by atoms with Gasteiger partial charge in [0.1, 0.15) is 0 Å². The molecule has 3 N–H and O–H groups in total. The van der Waals surface area contributed by atoms with Crippen molar-refractivity contribution in [2.45, 2.75) is 5.71 Å². The maximum atomic E-state index is 7.82. The van der Waals surface area contributed by atoms with E-state index in [4.69, 9.17) is 26.6 Å². The Hall–Kier alpha value is 0.600. The summed E-state index contributed by atoms with van der Waals surface area (Å²) in [4.78, 5) is 0. The first kappa shape index (κ1) is 6.60. The summed E-state index contributed by atoms with van der Waals surface area (Å²) in [7, 11) is -0.794. The molecule has 1 atom stereocenters. The van der Waals surface area contributed by atoms with Crippen LogP contribution in [-0.4, -0.2) is 21.0 Å². The summed E-state index contributed by atoms with van der Waals surface area (Å²) in [6.45, 7) is 0. The van der Waals surface area contributed by atoms with Crippen LogP contribution >= 0.6 is 19.2 Å². The highest BCUT2D eigenvalue weighted by atomic mass is 35.7. The molecule has 38 valence electrons. The van der Waals surface area contributed by atoms with Crippen LogP contribution in [0.3, 0.4) is 0 Å². The summed E-state index contributed by atoms with van der Waals surface area (Å²) >= 11 is 4.76. The third-order valence-electron chi connectivity index (χ3n) is 0.127. The van der Waals surface area contributed by atoms with Gasteiger partial charge in [0, 0.05) is 0 Å². The maximum Gasteiger partial charge on any atom is 0.305 e. The molecule has 1 unspecified atom stereocenters. The zero-order chi connectivity index (χ0) is 5.21. The highest BCUT2D eigenvalue weighted by Crippen LogP contribution is 2.27. The Labute approximate surface area is 41.1 Å². The van der Waals surface area contributed by atoms with Crippen LogP contribution < -0.4 is 0 Å². The lowest BCUT2D eigenvalue weighted by molar-refractivity contribution is -0.236. The Balaban J connectivity index is 3.17. The van der Waals surface area contributed by atoms with Crippen molar-refractivity contribution in [1.29, 1.82) is 0 Å². The van der Waals surface area contributed by atoms with Crippen molar-refractivity contribution in [1.82, 2.24) is 0 Å². The molecule has 0 fully saturated rings. The summed E-state index contributed by atoms with van der Waals surface area (Å²) in [5, 5.41) is 23.5. The Morgan fingerprint density at radius 2 is 1.50 bits per heavy atom. The van der Waals surface area contributed by atoms with Crippen LogP contribution in [0.4, 0.5) is 0 Å².